The van der Waals surface area contributed by atoms with Crippen molar-refractivity contribution in [2.45, 2.75) is 38.9 Å². The summed E-state index contributed by atoms with van der Waals surface area (Å²) in [7, 11) is 7.84. The fourth-order valence-corrected chi connectivity index (χ4v) is 4.22. The highest BCUT2D eigenvalue weighted by Gasteiger charge is 2.44. The van der Waals surface area contributed by atoms with Crippen LogP contribution in [0.25, 0.3) is 0 Å². The highest BCUT2D eigenvalue weighted by atomic mass is 16.5. The van der Waals surface area contributed by atoms with E-state index in [1.54, 1.807) is 7.11 Å². The van der Waals surface area contributed by atoms with Crippen molar-refractivity contribution in [3.63, 3.8) is 0 Å². The fourth-order valence-electron chi connectivity index (χ4n) is 4.22. The van der Waals surface area contributed by atoms with Crippen LogP contribution in [0.5, 0.6) is 5.75 Å². The minimum absolute atomic E-state index is 0.0317. The van der Waals surface area contributed by atoms with E-state index in [0.29, 0.717) is 12.5 Å². The van der Waals surface area contributed by atoms with E-state index in [1.807, 2.05) is 26.2 Å². The van der Waals surface area contributed by atoms with Gasteiger partial charge in [-0.2, -0.15) is 0 Å². The summed E-state index contributed by atoms with van der Waals surface area (Å²) in [5.41, 5.74) is 3.53. The first-order valence-corrected chi connectivity index (χ1v) is 10.7. The highest BCUT2D eigenvalue weighted by molar-refractivity contribution is 5.84. The molecule has 0 radical (unpaired) electrons. The molecule has 0 unspecified atom stereocenters. The van der Waals surface area contributed by atoms with Crippen molar-refractivity contribution >= 4 is 11.6 Å². The standard InChI is InChI=1S/C25H35N3O2/c1-18(2)17-23-25(29)28(16-15-19-7-13-22(30-6)14-8-19)24(27(23)5)20-9-11-21(12-10-20)26(3)4/h7-14,18,23-24H,15-17H2,1-6H3/t23-,24+/m0/s1. The van der Waals surface area contributed by atoms with E-state index >= 15 is 0 Å². The van der Waals surface area contributed by atoms with Crippen molar-refractivity contribution in [2.75, 3.05) is 39.7 Å². The Hall–Kier alpha value is -2.53. The van der Waals surface area contributed by atoms with Crippen molar-refractivity contribution < 1.29 is 9.53 Å². The first kappa shape index (κ1) is 22.2. The topological polar surface area (TPSA) is 36.0 Å². The van der Waals surface area contributed by atoms with Gasteiger partial charge < -0.3 is 14.5 Å². The number of ether oxygens (including phenoxy) is 1. The molecule has 0 saturated carbocycles. The third-order valence-corrected chi connectivity index (χ3v) is 5.94. The number of hydrogen-bond acceptors (Lipinski definition) is 4. The Kier molecular flexibility index (Phi) is 7.03. The SMILES string of the molecule is COc1ccc(CCN2C(=O)[C@H](CC(C)C)N(C)[C@H]2c2ccc(N(C)C)cc2)cc1. The zero-order valence-electron chi connectivity index (χ0n) is 19.1. The number of anilines is 1. The van der Waals surface area contributed by atoms with Gasteiger partial charge in [0.25, 0.3) is 0 Å². The molecule has 1 aliphatic heterocycles. The molecule has 0 N–H and O–H groups in total. The molecule has 3 rings (SSSR count). The van der Waals surface area contributed by atoms with Gasteiger partial charge in [-0.15, -0.1) is 0 Å². The van der Waals surface area contributed by atoms with E-state index in [0.717, 1.165) is 29.8 Å². The van der Waals surface area contributed by atoms with Crippen molar-refractivity contribution in [1.29, 1.82) is 0 Å². The maximum Gasteiger partial charge on any atom is 0.241 e. The number of rotatable bonds is 8. The van der Waals surface area contributed by atoms with E-state index in [9.17, 15) is 4.79 Å². The predicted octanol–water partition coefficient (Wildman–Crippen LogP) is 4.19. The largest absolute Gasteiger partial charge is 0.497 e. The minimum Gasteiger partial charge on any atom is -0.497 e. The van der Waals surface area contributed by atoms with Gasteiger partial charge in [-0.25, -0.2) is 0 Å². The Morgan fingerprint density at radius 1 is 1.03 bits per heavy atom. The molecule has 2 atom stereocenters. The Bertz CT molecular complexity index is 830. The minimum atomic E-state index is -0.0700. The molecule has 1 saturated heterocycles. The fraction of sp³-hybridized carbons (Fsp3) is 0.480. The summed E-state index contributed by atoms with van der Waals surface area (Å²) in [5, 5.41) is 0. The van der Waals surface area contributed by atoms with Gasteiger partial charge in [-0.3, -0.25) is 9.69 Å². The van der Waals surface area contributed by atoms with Gasteiger partial charge in [0.2, 0.25) is 5.91 Å². The lowest BCUT2D eigenvalue weighted by Gasteiger charge is -2.29. The summed E-state index contributed by atoms with van der Waals surface area (Å²) in [6.07, 6.45) is 1.67. The number of nitrogens with zero attached hydrogens (tertiary/aromatic N) is 3. The molecule has 1 amide bonds. The van der Waals surface area contributed by atoms with E-state index in [-0.39, 0.29) is 18.1 Å². The zero-order chi connectivity index (χ0) is 21.8. The van der Waals surface area contributed by atoms with Gasteiger partial charge in [0.15, 0.2) is 0 Å². The molecule has 5 nitrogen and oxygen atoms in total. The van der Waals surface area contributed by atoms with Crippen LogP contribution in [0.3, 0.4) is 0 Å². The summed E-state index contributed by atoms with van der Waals surface area (Å²) < 4.78 is 5.26. The molecule has 1 heterocycles. The number of likely N-dealkylation sites (N-methyl/N-ethyl adjacent to an activating group) is 1. The van der Waals surface area contributed by atoms with Crippen LogP contribution in [-0.2, 0) is 11.2 Å². The average Bonchev–Trinajstić information content (AvgIpc) is 2.96. The Morgan fingerprint density at radius 2 is 1.67 bits per heavy atom. The van der Waals surface area contributed by atoms with Gasteiger partial charge in [-0.1, -0.05) is 38.1 Å². The third kappa shape index (κ3) is 4.78. The van der Waals surface area contributed by atoms with Crippen molar-refractivity contribution in [3.05, 3.63) is 59.7 Å². The van der Waals surface area contributed by atoms with Crippen LogP contribution in [0.2, 0.25) is 0 Å². The van der Waals surface area contributed by atoms with Crippen molar-refractivity contribution in [1.82, 2.24) is 9.80 Å². The maximum absolute atomic E-state index is 13.4. The number of carbonyl (C=O) groups excluding carboxylic acids is 1. The molecular formula is C25H35N3O2. The van der Waals surface area contributed by atoms with Crippen LogP contribution in [0.4, 0.5) is 5.69 Å². The number of hydrogen-bond donors (Lipinski definition) is 0. The normalized spacial score (nSPS) is 19.6. The van der Waals surface area contributed by atoms with Crippen molar-refractivity contribution in [3.8, 4) is 5.75 Å². The Balaban J connectivity index is 1.84. The molecule has 0 aromatic heterocycles. The molecule has 1 fully saturated rings. The number of carbonyl (C=O) groups is 1. The molecule has 5 heteroatoms. The number of benzene rings is 2. The Labute approximate surface area is 181 Å². The monoisotopic (exact) mass is 409 g/mol. The van der Waals surface area contributed by atoms with E-state index in [2.05, 4.69) is 72.0 Å². The zero-order valence-corrected chi connectivity index (χ0v) is 19.1. The van der Waals surface area contributed by atoms with Crippen molar-refractivity contribution in [2.24, 2.45) is 5.92 Å². The molecule has 0 spiro atoms. The van der Waals surface area contributed by atoms with E-state index in [1.165, 1.54) is 5.56 Å². The molecule has 162 valence electrons. The van der Waals surface area contributed by atoms with Gasteiger partial charge in [0.05, 0.1) is 13.2 Å². The first-order valence-electron chi connectivity index (χ1n) is 10.7. The second-order valence-electron chi connectivity index (χ2n) is 8.80. The second kappa shape index (κ2) is 9.52. The quantitative estimate of drug-likeness (QED) is 0.655. The summed E-state index contributed by atoms with van der Waals surface area (Å²) in [5.74, 6) is 1.56. The van der Waals surface area contributed by atoms with E-state index < -0.39 is 0 Å². The molecular weight excluding hydrogens is 374 g/mol. The third-order valence-electron chi connectivity index (χ3n) is 5.94. The van der Waals surface area contributed by atoms with Gasteiger partial charge in [0.1, 0.15) is 11.9 Å². The lowest BCUT2D eigenvalue weighted by atomic mass is 10.0. The maximum atomic E-state index is 13.4. The molecule has 30 heavy (non-hydrogen) atoms. The lowest BCUT2D eigenvalue weighted by molar-refractivity contribution is -0.130. The van der Waals surface area contributed by atoms with Gasteiger partial charge >= 0.3 is 0 Å². The van der Waals surface area contributed by atoms with Crippen LogP contribution >= 0.6 is 0 Å². The molecule has 0 aliphatic carbocycles. The van der Waals surface area contributed by atoms with Crippen LogP contribution < -0.4 is 9.64 Å². The molecule has 2 aromatic carbocycles. The van der Waals surface area contributed by atoms with Crippen LogP contribution in [-0.4, -0.2) is 56.5 Å². The number of methoxy groups -OCH3 is 1. The summed E-state index contributed by atoms with van der Waals surface area (Å²) >= 11 is 0. The predicted molar refractivity (Wildman–Crippen MR) is 123 cm³/mol. The van der Waals surface area contributed by atoms with Crippen LogP contribution in [0.1, 0.15) is 37.6 Å². The first-order chi connectivity index (χ1) is 14.3. The molecule has 1 aliphatic rings. The lowest BCUT2D eigenvalue weighted by Crippen LogP contribution is -2.33. The summed E-state index contributed by atoms with van der Waals surface area (Å²) in [4.78, 5) is 19.8. The second-order valence-corrected chi connectivity index (χ2v) is 8.80. The summed E-state index contributed by atoms with van der Waals surface area (Å²) in [6.45, 7) is 5.06. The highest BCUT2D eigenvalue weighted by Crippen LogP contribution is 2.36. The Morgan fingerprint density at radius 3 is 2.20 bits per heavy atom. The summed E-state index contributed by atoms with van der Waals surface area (Å²) in [6, 6.07) is 16.6. The van der Waals surface area contributed by atoms with Gasteiger partial charge in [-0.05, 0) is 61.2 Å². The van der Waals surface area contributed by atoms with Crippen LogP contribution in [0.15, 0.2) is 48.5 Å². The average molecular weight is 410 g/mol. The van der Waals surface area contributed by atoms with E-state index in [4.69, 9.17) is 4.74 Å². The van der Waals surface area contributed by atoms with Gasteiger partial charge in [0, 0.05) is 26.3 Å². The smallest absolute Gasteiger partial charge is 0.241 e. The molecule has 2 aromatic rings. The van der Waals surface area contributed by atoms with Crippen LogP contribution in [0, 0.1) is 5.92 Å². The molecule has 0 bridgehead atoms. The number of amides is 1.